The monoisotopic (exact) mass is 551 g/mol. The number of nitrogens with one attached hydrogen (secondary N) is 1. The van der Waals surface area contributed by atoms with Gasteiger partial charge in [-0.3, -0.25) is 10.1 Å². The highest BCUT2D eigenvalue weighted by molar-refractivity contribution is 7.17. The van der Waals surface area contributed by atoms with Crippen LogP contribution in [0.25, 0.3) is 0 Å². The van der Waals surface area contributed by atoms with Crippen LogP contribution in [0.5, 0.6) is 0 Å². The van der Waals surface area contributed by atoms with Crippen LogP contribution in [0, 0.1) is 6.92 Å². The number of hydrogen-bond acceptors (Lipinski definition) is 11. The van der Waals surface area contributed by atoms with Gasteiger partial charge in [-0.05, 0) is 57.2 Å². The Morgan fingerprint density at radius 2 is 1.85 bits per heavy atom. The van der Waals surface area contributed by atoms with E-state index in [1.807, 2.05) is 12.1 Å². The molecule has 2 aliphatic rings. The van der Waals surface area contributed by atoms with Crippen molar-refractivity contribution in [3.05, 3.63) is 51.5 Å². The summed E-state index contributed by atoms with van der Waals surface area (Å²) in [7, 11) is 0. The summed E-state index contributed by atoms with van der Waals surface area (Å²) in [6.45, 7) is 6.70. The van der Waals surface area contributed by atoms with Crippen molar-refractivity contribution in [3.8, 4) is 0 Å². The Morgan fingerprint density at radius 3 is 2.54 bits per heavy atom. The second-order valence-electron chi connectivity index (χ2n) is 9.76. The van der Waals surface area contributed by atoms with Gasteiger partial charge in [-0.1, -0.05) is 23.5 Å². The summed E-state index contributed by atoms with van der Waals surface area (Å²) in [6, 6.07) is 7.31. The van der Waals surface area contributed by atoms with E-state index in [4.69, 9.17) is 20.4 Å². The summed E-state index contributed by atoms with van der Waals surface area (Å²) in [4.78, 5) is 43.1. The molecule has 1 fully saturated rings. The molecule has 39 heavy (non-hydrogen) atoms. The lowest BCUT2D eigenvalue weighted by Gasteiger charge is -2.36. The number of anilines is 4. The van der Waals surface area contributed by atoms with E-state index in [1.54, 1.807) is 26.0 Å². The molecule has 0 spiro atoms. The number of aromatic nitrogens is 3. The SMILES string of the molecule is CCOC(=O)c1sc(Nc2nc(N3CCC(O)CC3)c3c(n2)N(Cc2ccc(C(N)=O)cc2)CCC3)nc1C. The van der Waals surface area contributed by atoms with Gasteiger partial charge in [-0.15, -0.1) is 0 Å². The predicted molar refractivity (Wildman–Crippen MR) is 150 cm³/mol. The van der Waals surface area contributed by atoms with E-state index >= 15 is 0 Å². The first kappa shape index (κ1) is 26.8. The van der Waals surface area contributed by atoms with Crippen LogP contribution in [0.3, 0.4) is 0 Å². The number of piperidine rings is 1. The van der Waals surface area contributed by atoms with Crippen LogP contribution in [-0.2, 0) is 17.7 Å². The fourth-order valence-corrected chi connectivity index (χ4v) is 5.83. The number of carbonyl (C=O) groups excluding carboxylic acids is 2. The summed E-state index contributed by atoms with van der Waals surface area (Å²) in [5.74, 6) is 1.26. The van der Waals surface area contributed by atoms with Crippen LogP contribution >= 0.6 is 11.3 Å². The number of nitrogens with zero attached hydrogens (tertiary/aromatic N) is 5. The van der Waals surface area contributed by atoms with Gasteiger partial charge >= 0.3 is 5.97 Å². The van der Waals surface area contributed by atoms with E-state index in [9.17, 15) is 14.7 Å². The van der Waals surface area contributed by atoms with E-state index in [2.05, 4.69) is 20.1 Å². The number of carbonyl (C=O) groups is 2. The zero-order valence-electron chi connectivity index (χ0n) is 22.1. The maximum Gasteiger partial charge on any atom is 0.350 e. The van der Waals surface area contributed by atoms with Crippen LogP contribution in [0.4, 0.5) is 22.7 Å². The number of amides is 1. The molecule has 0 aliphatic carbocycles. The molecule has 1 saturated heterocycles. The molecule has 4 heterocycles. The Kier molecular flexibility index (Phi) is 7.94. The van der Waals surface area contributed by atoms with Gasteiger partial charge < -0.3 is 25.4 Å². The molecule has 0 unspecified atom stereocenters. The number of rotatable bonds is 8. The smallest absolute Gasteiger partial charge is 0.350 e. The minimum Gasteiger partial charge on any atom is -0.462 e. The third-order valence-corrected chi connectivity index (χ3v) is 8.02. The standard InChI is InChI=1S/C27H33N7O4S/c1-3-38-25(37)21-16(2)29-27(39-21)32-26-30-23(33-13-10-19(35)11-14-33)20-5-4-12-34(24(20)31-26)15-17-6-8-18(9-7-17)22(28)36/h6-9,19,35H,3-5,10-15H2,1-2H3,(H2,28,36)(H,29,30,31,32). The maximum atomic E-state index is 12.3. The summed E-state index contributed by atoms with van der Waals surface area (Å²) in [6.07, 6.45) is 2.89. The number of fused-ring (bicyclic) bond motifs is 1. The fraction of sp³-hybridized carbons (Fsp3) is 0.444. The lowest BCUT2D eigenvalue weighted by molar-refractivity contribution is 0.0531. The molecule has 1 aromatic carbocycles. The van der Waals surface area contributed by atoms with Crippen LogP contribution in [0.1, 0.15) is 63.0 Å². The van der Waals surface area contributed by atoms with Crippen LogP contribution < -0.4 is 20.9 Å². The van der Waals surface area contributed by atoms with Gasteiger partial charge in [0.25, 0.3) is 0 Å². The summed E-state index contributed by atoms with van der Waals surface area (Å²) in [5, 5.41) is 13.8. The van der Waals surface area contributed by atoms with Crippen molar-refractivity contribution >= 4 is 45.9 Å². The number of benzene rings is 1. The van der Waals surface area contributed by atoms with Crippen molar-refractivity contribution in [1.82, 2.24) is 15.0 Å². The molecule has 11 nitrogen and oxygen atoms in total. The normalized spacial score (nSPS) is 15.7. The third kappa shape index (κ3) is 5.96. The van der Waals surface area contributed by atoms with Crippen LogP contribution in [0.15, 0.2) is 24.3 Å². The van der Waals surface area contributed by atoms with E-state index in [1.165, 1.54) is 11.3 Å². The number of hydrogen-bond donors (Lipinski definition) is 3. The highest BCUT2D eigenvalue weighted by atomic mass is 32.1. The van der Waals surface area contributed by atoms with Crippen LogP contribution in [0.2, 0.25) is 0 Å². The Hall–Kier alpha value is -3.77. The van der Waals surface area contributed by atoms with Gasteiger partial charge in [-0.25, -0.2) is 9.78 Å². The molecule has 5 rings (SSSR count). The number of aliphatic hydroxyl groups excluding tert-OH is 1. The molecule has 0 atom stereocenters. The summed E-state index contributed by atoms with van der Waals surface area (Å²) < 4.78 is 5.16. The average Bonchev–Trinajstić information content (AvgIpc) is 3.29. The molecular weight excluding hydrogens is 518 g/mol. The average molecular weight is 552 g/mol. The minimum absolute atomic E-state index is 0.294. The van der Waals surface area contributed by atoms with E-state index in [0.29, 0.717) is 66.3 Å². The van der Waals surface area contributed by atoms with E-state index in [-0.39, 0.29) is 6.10 Å². The Morgan fingerprint density at radius 1 is 1.13 bits per heavy atom. The topological polar surface area (TPSA) is 147 Å². The first-order chi connectivity index (χ1) is 18.8. The van der Waals surface area contributed by atoms with Gasteiger partial charge in [-0.2, -0.15) is 9.97 Å². The number of ether oxygens (including phenoxy) is 1. The Labute approximate surface area is 231 Å². The minimum atomic E-state index is -0.451. The molecule has 12 heteroatoms. The van der Waals surface area contributed by atoms with Gasteiger partial charge in [0, 0.05) is 37.3 Å². The molecular formula is C27H33N7O4S. The molecule has 0 saturated carbocycles. The first-order valence-corrected chi connectivity index (χ1v) is 14.0. The number of esters is 1. The molecule has 2 aliphatic heterocycles. The second kappa shape index (κ2) is 11.5. The van der Waals surface area contributed by atoms with Crippen molar-refractivity contribution < 1.29 is 19.4 Å². The fourth-order valence-electron chi connectivity index (χ4n) is 4.97. The quantitative estimate of drug-likeness (QED) is 0.357. The lowest BCUT2D eigenvalue weighted by atomic mass is 10.0. The van der Waals surface area contributed by atoms with Crippen molar-refractivity contribution in [1.29, 1.82) is 0 Å². The molecule has 206 valence electrons. The zero-order chi connectivity index (χ0) is 27.5. The maximum absolute atomic E-state index is 12.3. The number of primary amides is 1. The van der Waals surface area contributed by atoms with Gasteiger partial charge in [0.15, 0.2) is 5.13 Å². The number of aryl methyl sites for hydroxylation is 1. The first-order valence-electron chi connectivity index (χ1n) is 13.2. The van der Waals surface area contributed by atoms with Crippen molar-refractivity contribution in [2.45, 2.75) is 52.2 Å². The molecule has 0 radical (unpaired) electrons. The second-order valence-corrected chi connectivity index (χ2v) is 10.8. The highest BCUT2D eigenvalue weighted by Crippen LogP contribution is 2.36. The van der Waals surface area contributed by atoms with Gasteiger partial charge in [0.1, 0.15) is 16.5 Å². The lowest BCUT2D eigenvalue weighted by Crippen LogP contribution is -2.38. The van der Waals surface area contributed by atoms with Gasteiger partial charge in [0.05, 0.1) is 18.4 Å². The Balaban J connectivity index is 1.48. The molecule has 4 N–H and O–H groups in total. The van der Waals surface area contributed by atoms with Crippen molar-refractivity contribution in [2.24, 2.45) is 5.73 Å². The van der Waals surface area contributed by atoms with Crippen LogP contribution in [-0.4, -0.2) is 64.3 Å². The summed E-state index contributed by atoms with van der Waals surface area (Å²) >= 11 is 1.21. The zero-order valence-corrected chi connectivity index (χ0v) is 23.0. The van der Waals surface area contributed by atoms with Gasteiger partial charge in [0.2, 0.25) is 11.9 Å². The Bertz CT molecular complexity index is 1350. The number of thiazole rings is 1. The third-order valence-electron chi connectivity index (χ3n) is 6.97. The largest absolute Gasteiger partial charge is 0.462 e. The molecule has 0 bridgehead atoms. The molecule has 1 amide bonds. The van der Waals surface area contributed by atoms with Crippen molar-refractivity contribution in [2.75, 3.05) is 41.4 Å². The number of nitrogens with two attached hydrogens (primary N) is 1. The molecule has 2 aromatic heterocycles. The molecule has 3 aromatic rings. The van der Waals surface area contributed by atoms with E-state index in [0.717, 1.165) is 42.1 Å². The predicted octanol–water partition coefficient (Wildman–Crippen LogP) is 3.17. The summed E-state index contributed by atoms with van der Waals surface area (Å²) in [5.41, 5.74) is 8.59. The highest BCUT2D eigenvalue weighted by Gasteiger charge is 2.29. The van der Waals surface area contributed by atoms with E-state index < -0.39 is 11.9 Å². The number of aliphatic hydroxyl groups is 1. The van der Waals surface area contributed by atoms with Crippen molar-refractivity contribution in [3.63, 3.8) is 0 Å².